The Hall–Kier alpha value is -1.29. The summed E-state index contributed by atoms with van der Waals surface area (Å²) in [6, 6.07) is 7.50. The van der Waals surface area contributed by atoms with E-state index in [2.05, 4.69) is 27.8 Å². The highest BCUT2D eigenvalue weighted by Gasteiger charge is 2.16. The minimum absolute atomic E-state index is 0.455. The molecule has 0 aliphatic carbocycles. The Morgan fingerprint density at radius 1 is 1.44 bits per heavy atom. The second-order valence-corrected chi connectivity index (χ2v) is 5.51. The van der Waals surface area contributed by atoms with E-state index in [0.717, 1.165) is 11.1 Å². The van der Waals surface area contributed by atoms with Gasteiger partial charge in [0.2, 0.25) is 0 Å². The third-order valence-corrected chi connectivity index (χ3v) is 2.75. The fraction of sp³-hybridized carbons (Fsp3) is 0.357. The van der Waals surface area contributed by atoms with Gasteiger partial charge in [0.15, 0.2) is 0 Å². The maximum Gasteiger partial charge on any atom is 0.412 e. The Morgan fingerprint density at radius 3 is 2.67 bits per heavy atom. The van der Waals surface area contributed by atoms with Crippen LogP contribution >= 0.6 is 15.9 Å². The summed E-state index contributed by atoms with van der Waals surface area (Å²) in [6.07, 6.45) is -0.455. The largest absolute Gasteiger partial charge is 0.444 e. The second kappa shape index (κ2) is 6.05. The molecule has 0 aliphatic rings. The third-order valence-electron chi connectivity index (χ3n) is 2.08. The van der Waals surface area contributed by atoms with Crippen LogP contribution in [0.4, 0.5) is 10.5 Å². The molecule has 0 aliphatic heterocycles. The number of halogens is 1. The van der Waals surface area contributed by atoms with E-state index in [9.17, 15) is 4.79 Å². The molecule has 1 rings (SSSR count). The van der Waals surface area contributed by atoms with Crippen molar-refractivity contribution in [1.29, 1.82) is 0 Å². The Kier molecular flexibility index (Phi) is 4.96. The number of alkyl halides is 1. The summed E-state index contributed by atoms with van der Waals surface area (Å²) in [5.74, 6) is 0. The van der Waals surface area contributed by atoms with Crippen LogP contribution in [-0.4, -0.2) is 17.0 Å². The summed E-state index contributed by atoms with van der Waals surface area (Å²) >= 11 is 3.36. The molecule has 98 valence electrons. The number of carbonyl (C=O) groups is 1. The monoisotopic (exact) mass is 311 g/mol. The van der Waals surface area contributed by atoms with Crippen molar-refractivity contribution in [2.24, 2.45) is 0 Å². The van der Waals surface area contributed by atoms with Gasteiger partial charge in [-0.15, -0.1) is 0 Å². The molecule has 3 nitrogen and oxygen atoms in total. The number of hydrogen-bond acceptors (Lipinski definition) is 2. The third kappa shape index (κ3) is 4.92. The molecule has 0 unspecified atom stereocenters. The second-order valence-electron chi connectivity index (χ2n) is 4.94. The molecule has 0 spiro atoms. The maximum atomic E-state index is 11.6. The van der Waals surface area contributed by atoms with E-state index in [1.54, 1.807) is 0 Å². The molecule has 0 saturated heterocycles. The quantitative estimate of drug-likeness (QED) is 0.838. The van der Waals surface area contributed by atoms with Crippen LogP contribution < -0.4 is 5.32 Å². The molecule has 1 amide bonds. The molecule has 1 N–H and O–H groups in total. The lowest BCUT2D eigenvalue weighted by Gasteiger charge is -2.19. The Balaban J connectivity index is 2.74. The molecule has 4 heteroatoms. The van der Waals surface area contributed by atoms with Crippen molar-refractivity contribution in [3.63, 3.8) is 0 Å². The molecule has 1 aromatic rings. The molecule has 0 saturated carbocycles. The van der Waals surface area contributed by atoms with Gasteiger partial charge in [-0.2, -0.15) is 0 Å². The number of ether oxygens (including phenoxy) is 1. The van der Waals surface area contributed by atoms with E-state index in [1.807, 2.05) is 45.0 Å². The van der Waals surface area contributed by atoms with E-state index in [4.69, 9.17) is 4.74 Å². The number of benzene rings is 1. The van der Waals surface area contributed by atoms with Crippen molar-refractivity contribution in [2.45, 2.75) is 26.4 Å². The zero-order chi connectivity index (χ0) is 13.8. The molecular weight excluding hydrogens is 294 g/mol. The van der Waals surface area contributed by atoms with Gasteiger partial charge >= 0.3 is 6.09 Å². The summed E-state index contributed by atoms with van der Waals surface area (Å²) in [5.41, 5.74) is 2.15. The van der Waals surface area contributed by atoms with Gasteiger partial charge in [-0.25, -0.2) is 4.79 Å². The van der Waals surface area contributed by atoms with Crippen LogP contribution in [-0.2, 0) is 4.74 Å². The van der Waals surface area contributed by atoms with Crippen molar-refractivity contribution in [3.8, 4) is 0 Å². The van der Waals surface area contributed by atoms with Gasteiger partial charge < -0.3 is 4.74 Å². The van der Waals surface area contributed by atoms with Crippen LogP contribution in [0.25, 0.3) is 5.57 Å². The molecule has 1 aromatic carbocycles. The molecule has 0 fully saturated rings. The van der Waals surface area contributed by atoms with E-state index in [1.165, 1.54) is 0 Å². The molecule has 18 heavy (non-hydrogen) atoms. The number of amides is 1. The highest BCUT2D eigenvalue weighted by molar-refractivity contribution is 9.09. The number of hydrogen-bond donors (Lipinski definition) is 1. The van der Waals surface area contributed by atoms with Crippen molar-refractivity contribution in [3.05, 3.63) is 36.4 Å². The van der Waals surface area contributed by atoms with Crippen molar-refractivity contribution >= 4 is 33.3 Å². The van der Waals surface area contributed by atoms with Crippen LogP contribution in [0.3, 0.4) is 0 Å². The number of carbonyl (C=O) groups excluding carboxylic acids is 1. The van der Waals surface area contributed by atoms with Gasteiger partial charge in [0, 0.05) is 11.0 Å². The van der Waals surface area contributed by atoms with Crippen LogP contribution in [0.2, 0.25) is 0 Å². The Bertz CT molecular complexity index is 449. The predicted molar refractivity (Wildman–Crippen MR) is 79.1 cm³/mol. The summed E-state index contributed by atoms with van der Waals surface area (Å²) in [6.45, 7) is 9.42. The maximum absolute atomic E-state index is 11.6. The SMILES string of the molecule is C=C(CBr)c1cccc(NC(=O)OC(C)(C)C)c1. The van der Waals surface area contributed by atoms with Gasteiger partial charge in [0.25, 0.3) is 0 Å². The van der Waals surface area contributed by atoms with E-state index >= 15 is 0 Å². The van der Waals surface area contributed by atoms with Gasteiger partial charge in [-0.1, -0.05) is 34.6 Å². The molecule has 0 atom stereocenters. The zero-order valence-corrected chi connectivity index (χ0v) is 12.5. The number of nitrogens with one attached hydrogen (secondary N) is 1. The van der Waals surface area contributed by atoms with Crippen molar-refractivity contribution in [2.75, 3.05) is 10.6 Å². The van der Waals surface area contributed by atoms with Crippen LogP contribution in [0, 0.1) is 0 Å². The minimum atomic E-state index is -0.499. The van der Waals surface area contributed by atoms with E-state index < -0.39 is 11.7 Å². The number of anilines is 1. The highest BCUT2D eigenvalue weighted by atomic mass is 79.9. The summed E-state index contributed by atoms with van der Waals surface area (Å²) in [4.78, 5) is 11.6. The standard InChI is InChI=1S/C14H18BrNO2/c1-10(9-15)11-6-5-7-12(8-11)16-13(17)18-14(2,3)4/h5-8H,1,9H2,2-4H3,(H,16,17). The van der Waals surface area contributed by atoms with Gasteiger partial charge in [0.1, 0.15) is 5.60 Å². The molecule has 0 aromatic heterocycles. The number of allylic oxidation sites excluding steroid dienone is 1. The zero-order valence-electron chi connectivity index (χ0n) is 10.9. The highest BCUT2D eigenvalue weighted by Crippen LogP contribution is 2.19. The van der Waals surface area contributed by atoms with Gasteiger partial charge in [0.05, 0.1) is 0 Å². The van der Waals surface area contributed by atoms with Crippen molar-refractivity contribution in [1.82, 2.24) is 0 Å². The van der Waals surface area contributed by atoms with Crippen LogP contribution in [0.1, 0.15) is 26.3 Å². The molecule has 0 heterocycles. The lowest BCUT2D eigenvalue weighted by Crippen LogP contribution is -2.27. The topological polar surface area (TPSA) is 38.3 Å². The lowest BCUT2D eigenvalue weighted by molar-refractivity contribution is 0.0636. The van der Waals surface area contributed by atoms with E-state index in [0.29, 0.717) is 11.0 Å². The summed E-state index contributed by atoms with van der Waals surface area (Å²) in [7, 11) is 0. The van der Waals surface area contributed by atoms with Crippen LogP contribution in [0.5, 0.6) is 0 Å². The smallest absolute Gasteiger partial charge is 0.412 e. The normalized spacial score (nSPS) is 10.9. The average Bonchev–Trinajstić information content (AvgIpc) is 2.25. The molecular formula is C14H18BrNO2. The predicted octanol–water partition coefficient (Wildman–Crippen LogP) is 4.44. The average molecular weight is 312 g/mol. The van der Waals surface area contributed by atoms with Gasteiger partial charge in [-0.05, 0) is 44.0 Å². The van der Waals surface area contributed by atoms with Crippen molar-refractivity contribution < 1.29 is 9.53 Å². The van der Waals surface area contributed by atoms with Crippen LogP contribution in [0.15, 0.2) is 30.8 Å². The molecule has 0 radical (unpaired) electrons. The fourth-order valence-electron chi connectivity index (χ4n) is 1.32. The first kappa shape index (κ1) is 14.8. The van der Waals surface area contributed by atoms with E-state index in [-0.39, 0.29) is 0 Å². The lowest BCUT2D eigenvalue weighted by atomic mass is 10.1. The number of rotatable bonds is 3. The first-order valence-electron chi connectivity index (χ1n) is 5.66. The fourth-order valence-corrected chi connectivity index (χ4v) is 1.64. The minimum Gasteiger partial charge on any atom is -0.444 e. The first-order valence-corrected chi connectivity index (χ1v) is 6.78. The Morgan fingerprint density at radius 2 is 2.11 bits per heavy atom. The van der Waals surface area contributed by atoms with Gasteiger partial charge in [-0.3, -0.25) is 5.32 Å². The summed E-state index contributed by atoms with van der Waals surface area (Å²) in [5, 5.41) is 3.40. The molecule has 0 bridgehead atoms. The summed E-state index contributed by atoms with van der Waals surface area (Å²) < 4.78 is 5.19. The Labute approximate surface area is 116 Å². The first-order chi connectivity index (χ1) is 8.31.